The molecule has 0 atom stereocenters. The van der Waals surface area contributed by atoms with Crippen LogP contribution in [0.5, 0.6) is 5.75 Å². The zero-order valence-electron chi connectivity index (χ0n) is 19.3. The van der Waals surface area contributed by atoms with Crippen molar-refractivity contribution >= 4 is 23.4 Å². The molecule has 4 rings (SSSR count). The summed E-state index contributed by atoms with van der Waals surface area (Å²) in [4.78, 5) is 14.8. The van der Waals surface area contributed by atoms with Gasteiger partial charge in [0.05, 0.1) is 19.4 Å². The van der Waals surface area contributed by atoms with Crippen molar-refractivity contribution in [2.75, 3.05) is 31.3 Å². The molecule has 0 radical (unpaired) electrons. The maximum Gasteiger partial charge on any atom is 0.233 e. The van der Waals surface area contributed by atoms with Crippen LogP contribution in [-0.4, -0.2) is 51.5 Å². The Morgan fingerprint density at radius 1 is 1.16 bits per heavy atom. The summed E-state index contributed by atoms with van der Waals surface area (Å²) >= 11 is 1.54. The first-order chi connectivity index (χ1) is 15.6. The van der Waals surface area contributed by atoms with Gasteiger partial charge in [0, 0.05) is 30.9 Å². The third kappa shape index (κ3) is 5.77. The molecular weight excluding hydrogens is 422 g/mol. The van der Waals surface area contributed by atoms with E-state index in [1.54, 1.807) is 18.9 Å². The van der Waals surface area contributed by atoms with E-state index in [1.165, 1.54) is 19.3 Å². The Hall–Kier alpha value is -2.22. The molecule has 0 bridgehead atoms. The molecule has 1 aromatic heterocycles. The summed E-state index contributed by atoms with van der Waals surface area (Å²) in [6.45, 7) is 4.62. The number of nitrogens with one attached hydrogen (secondary N) is 1. The Morgan fingerprint density at radius 3 is 2.69 bits per heavy atom. The molecule has 0 unspecified atom stereocenters. The van der Waals surface area contributed by atoms with Gasteiger partial charge in [-0.2, -0.15) is 0 Å². The Morgan fingerprint density at radius 2 is 1.94 bits per heavy atom. The van der Waals surface area contributed by atoms with Crippen molar-refractivity contribution in [2.45, 2.75) is 69.6 Å². The zero-order valence-corrected chi connectivity index (χ0v) is 20.1. The van der Waals surface area contributed by atoms with Crippen molar-refractivity contribution < 1.29 is 9.53 Å². The highest BCUT2D eigenvalue weighted by Crippen LogP contribution is 2.33. The summed E-state index contributed by atoms with van der Waals surface area (Å²) in [5.41, 5.74) is 0.992. The van der Waals surface area contributed by atoms with Crippen LogP contribution in [0.15, 0.2) is 29.4 Å². The predicted octanol–water partition coefficient (Wildman–Crippen LogP) is 4.75. The first-order valence-corrected chi connectivity index (χ1v) is 12.8. The third-order valence-corrected chi connectivity index (χ3v) is 7.58. The van der Waals surface area contributed by atoms with E-state index in [4.69, 9.17) is 4.74 Å². The standard InChI is InChI=1S/C24H35N5O2S/c1-18-11-13-28(14-12-18)23(30)17-32-24-27-26-22(29(24)20-8-4-3-5-9-20)16-25-19-7-6-10-21(15-19)31-2/h6-7,10,15,18,20,25H,3-5,8-9,11-14,16-17H2,1-2H3. The summed E-state index contributed by atoms with van der Waals surface area (Å²) in [5.74, 6) is 3.13. The van der Waals surface area contributed by atoms with Crippen molar-refractivity contribution in [3.63, 3.8) is 0 Å². The number of thioether (sulfide) groups is 1. The fourth-order valence-electron chi connectivity index (χ4n) is 4.62. The fraction of sp³-hybridized carbons (Fsp3) is 0.625. The second-order valence-electron chi connectivity index (χ2n) is 9.00. The largest absolute Gasteiger partial charge is 0.497 e. The predicted molar refractivity (Wildman–Crippen MR) is 128 cm³/mol. The minimum atomic E-state index is 0.219. The van der Waals surface area contributed by atoms with E-state index in [1.807, 2.05) is 29.2 Å². The van der Waals surface area contributed by atoms with Crippen molar-refractivity contribution in [2.24, 2.45) is 5.92 Å². The van der Waals surface area contributed by atoms with E-state index in [2.05, 4.69) is 27.0 Å². The molecule has 1 N–H and O–H groups in total. The van der Waals surface area contributed by atoms with Crippen molar-refractivity contribution in [3.8, 4) is 5.75 Å². The lowest BCUT2D eigenvalue weighted by Gasteiger charge is -2.30. The summed E-state index contributed by atoms with van der Waals surface area (Å²) in [6, 6.07) is 8.33. The zero-order chi connectivity index (χ0) is 22.3. The number of benzene rings is 1. The number of amides is 1. The molecule has 174 valence electrons. The SMILES string of the molecule is COc1cccc(NCc2nnc(SCC(=O)N3CCC(C)CC3)n2C2CCCCC2)c1. The summed E-state index contributed by atoms with van der Waals surface area (Å²) in [5, 5.41) is 13.4. The third-order valence-electron chi connectivity index (χ3n) is 6.66. The van der Waals surface area contributed by atoms with Crippen LogP contribution < -0.4 is 10.1 Å². The van der Waals surface area contributed by atoms with Gasteiger partial charge in [-0.3, -0.25) is 4.79 Å². The number of hydrogen-bond acceptors (Lipinski definition) is 6. The Bertz CT molecular complexity index is 888. The van der Waals surface area contributed by atoms with Crippen LogP contribution in [0.25, 0.3) is 0 Å². The number of aromatic nitrogens is 3. The number of ether oxygens (including phenoxy) is 1. The summed E-state index contributed by atoms with van der Waals surface area (Å²) in [6.07, 6.45) is 8.28. The van der Waals surface area contributed by atoms with Crippen LogP contribution in [0.3, 0.4) is 0 Å². The molecule has 7 nitrogen and oxygen atoms in total. The number of rotatable bonds is 8. The Kier molecular flexibility index (Phi) is 7.95. The van der Waals surface area contributed by atoms with Gasteiger partial charge in [-0.1, -0.05) is 44.0 Å². The van der Waals surface area contributed by atoms with E-state index >= 15 is 0 Å². The van der Waals surface area contributed by atoms with Gasteiger partial charge in [0.1, 0.15) is 5.75 Å². The maximum atomic E-state index is 12.8. The van der Waals surface area contributed by atoms with Gasteiger partial charge in [-0.05, 0) is 43.7 Å². The van der Waals surface area contributed by atoms with Crippen LogP contribution in [0.4, 0.5) is 5.69 Å². The number of carbonyl (C=O) groups is 1. The molecular formula is C24H35N5O2S. The van der Waals surface area contributed by atoms with E-state index in [-0.39, 0.29) is 5.91 Å². The number of anilines is 1. The first kappa shape index (κ1) is 23.0. The number of likely N-dealkylation sites (tertiary alicyclic amines) is 1. The highest BCUT2D eigenvalue weighted by molar-refractivity contribution is 7.99. The monoisotopic (exact) mass is 457 g/mol. The summed E-state index contributed by atoms with van der Waals surface area (Å²) < 4.78 is 7.62. The smallest absolute Gasteiger partial charge is 0.233 e. The molecule has 1 saturated heterocycles. The minimum Gasteiger partial charge on any atom is -0.497 e. The van der Waals surface area contributed by atoms with E-state index < -0.39 is 0 Å². The van der Waals surface area contributed by atoms with Gasteiger partial charge < -0.3 is 19.5 Å². The van der Waals surface area contributed by atoms with Gasteiger partial charge in [-0.25, -0.2) is 0 Å². The minimum absolute atomic E-state index is 0.219. The molecule has 32 heavy (non-hydrogen) atoms. The van der Waals surface area contributed by atoms with E-state index in [0.717, 1.165) is 67.1 Å². The maximum absolute atomic E-state index is 12.8. The average molecular weight is 458 g/mol. The molecule has 8 heteroatoms. The van der Waals surface area contributed by atoms with Crippen molar-refractivity contribution in [3.05, 3.63) is 30.1 Å². The molecule has 1 amide bonds. The lowest BCUT2D eigenvalue weighted by Crippen LogP contribution is -2.39. The molecule has 2 heterocycles. The lowest BCUT2D eigenvalue weighted by molar-refractivity contribution is -0.129. The van der Waals surface area contributed by atoms with E-state index in [9.17, 15) is 4.79 Å². The van der Waals surface area contributed by atoms with Crippen LogP contribution in [0, 0.1) is 5.92 Å². The number of piperidine rings is 1. The van der Waals surface area contributed by atoms with Crippen molar-refractivity contribution in [1.82, 2.24) is 19.7 Å². The van der Waals surface area contributed by atoms with Gasteiger partial charge in [0.25, 0.3) is 0 Å². The van der Waals surface area contributed by atoms with Crippen LogP contribution in [0.2, 0.25) is 0 Å². The van der Waals surface area contributed by atoms with Gasteiger partial charge in [0.2, 0.25) is 5.91 Å². The molecule has 0 spiro atoms. The normalized spacial score (nSPS) is 18.0. The Balaban J connectivity index is 1.44. The van der Waals surface area contributed by atoms with Gasteiger partial charge in [-0.15, -0.1) is 10.2 Å². The van der Waals surface area contributed by atoms with Crippen LogP contribution >= 0.6 is 11.8 Å². The number of methoxy groups -OCH3 is 1. The van der Waals surface area contributed by atoms with Gasteiger partial charge in [0.15, 0.2) is 11.0 Å². The summed E-state index contributed by atoms with van der Waals surface area (Å²) in [7, 11) is 1.67. The van der Waals surface area contributed by atoms with E-state index in [0.29, 0.717) is 18.3 Å². The van der Waals surface area contributed by atoms with Gasteiger partial charge >= 0.3 is 0 Å². The number of hydrogen-bond donors (Lipinski definition) is 1. The average Bonchev–Trinajstić information content (AvgIpc) is 3.25. The van der Waals surface area contributed by atoms with Crippen molar-refractivity contribution in [1.29, 1.82) is 0 Å². The second kappa shape index (κ2) is 11.1. The molecule has 1 aliphatic carbocycles. The Labute approximate surface area is 195 Å². The second-order valence-corrected chi connectivity index (χ2v) is 9.94. The molecule has 1 saturated carbocycles. The quantitative estimate of drug-likeness (QED) is 0.577. The molecule has 1 aliphatic heterocycles. The fourth-order valence-corrected chi connectivity index (χ4v) is 5.55. The topological polar surface area (TPSA) is 72.3 Å². The number of nitrogens with zero attached hydrogens (tertiary/aromatic N) is 4. The highest BCUT2D eigenvalue weighted by Gasteiger charge is 2.25. The first-order valence-electron chi connectivity index (χ1n) is 11.9. The van der Waals surface area contributed by atoms with Crippen LogP contribution in [0.1, 0.15) is 63.7 Å². The highest BCUT2D eigenvalue weighted by atomic mass is 32.2. The molecule has 2 aliphatic rings. The van der Waals surface area contributed by atoms with Crippen LogP contribution in [-0.2, 0) is 11.3 Å². The molecule has 2 aromatic rings. The molecule has 2 fully saturated rings. The lowest BCUT2D eigenvalue weighted by atomic mass is 9.95. The molecule has 1 aromatic carbocycles. The number of carbonyl (C=O) groups excluding carboxylic acids is 1.